The minimum Gasteiger partial charge on any atom is -0.481 e. The Morgan fingerprint density at radius 2 is 1.76 bits per heavy atom. The summed E-state index contributed by atoms with van der Waals surface area (Å²) >= 11 is 5.83. The molecule has 5 heteroatoms. The van der Waals surface area contributed by atoms with Crippen molar-refractivity contribution in [2.45, 2.75) is 19.4 Å². The van der Waals surface area contributed by atoms with Gasteiger partial charge in [0.2, 0.25) is 5.91 Å². The standard InChI is InChI=1S/C16H18ClNO3/c1-18(10-11-6-8-12(17)9-7-11)15(19)13-4-2-3-5-14(13)16(20)21/h2-3,6-9,13-14H,4-5,10H2,1H3,(H,20,21)/t13-,14+/m1/s1. The Kier molecular flexibility index (Phi) is 5.02. The first-order valence-electron chi connectivity index (χ1n) is 6.86. The third-order valence-corrected chi connectivity index (χ3v) is 4.03. The molecule has 1 N–H and O–H groups in total. The molecule has 0 saturated heterocycles. The molecule has 0 aliphatic heterocycles. The highest BCUT2D eigenvalue weighted by Gasteiger charge is 2.35. The van der Waals surface area contributed by atoms with Crippen LogP contribution in [0, 0.1) is 11.8 Å². The molecule has 112 valence electrons. The number of hydrogen-bond donors (Lipinski definition) is 1. The third kappa shape index (κ3) is 3.85. The number of carboxylic acid groups (broad SMARTS) is 1. The molecule has 1 aliphatic carbocycles. The second kappa shape index (κ2) is 6.76. The molecular weight excluding hydrogens is 290 g/mol. The average Bonchev–Trinajstić information content (AvgIpc) is 2.48. The smallest absolute Gasteiger partial charge is 0.307 e. The lowest BCUT2D eigenvalue weighted by atomic mass is 9.82. The third-order valence-electron chi connectivity index (χ3n) is 3.78. The number of amides is 1. The summed E-state index contributed by atoms with van der Waals surface area (Å²) in [7, 11) is 1.70. The maximum absolute atomic E-state index is 12.5. The van der Waals surface area contributed by atoms with Crippen LogP contribution in [-0.2, 0) is 16.1 Å². The topological polar surface area (TPSA) is 57.6 Å². The summed E-state index contributed by atoms with van der Waals surface area (Å²) in [6.07, 6.45) is 4.63. The van der Waals surface area contributed by atoms with E-state index < -0.39 is 17.8 Å². The van der Waals surface area contributed by atoms with E-state index in [1.54, 1.807) is 24.1 Å². The van der Waals surface area contributed by atoms with Crippen LogP contribution in [0.15, 0.2) is 36.4 Å². The van der Waals surface area contributed by atoms with Crippen molar-refractivity contribution < 1.29 is 14.7 Å². The van der Waals surface area contributed by atoms with E-state index in [1.807, 2.05) is 24.3 Å². The van der Waals surface area contributed by atoms with Crippen LogP contribution in [0.1, 0.15) is 18.4 Å². The fraction of sp³-hybridized carbons (Fsp3) is 0.375. The van der Waals surface area contributed by atoms with Crippen LogP contribution in [0.5, 0.6) is 0 Å². The van der Waals surface area contributed by atoms with Gasteiger partial charge in [0, 0.05) is 18.6 Å². The van der Waals surface area contributed by atoms with Gasteiger partial charge in [-0.15, -0.1) is 0 Å². The van der Waals surface area contributed by atoms with Crippen LogP contribution in [0.4, 0.5) is 0 Å². The molecule has 0 unspecified atom stereocenters. The highest BCUT2D eigenvalue weighted by molar-refractivity contribution is 6.30. The van der Waals surface area contributed by atoms with Gasteiger partial charge in [-0.25, -0.2) is 0 Å². The molecule has 0 radical (unpaired) electrons. The molecule has 4 nitrogen and oxygen atoms in total. The Balaban J connectivity index is 2.05. The zero-order valence-corrected chi connectivity index (χ0v) is 12.6. The van der Waals surface area contributed by atoms with E-state index in [2.05, 4.69) is 0 Å². The van der Waals surface area contributed by atoms with Gasteiger partial charge in [0.15, 0.2) is 0 Å². The molecule has 0 heterocycles. The maximum Gasteiger partial charge on any atom is 0.307 e. The van der Waals surface area contributed by atoms with E-state index in [0.717, 1.165) is 5.56 Å². The number of benzene rings is 1. The number of nitrogens with zero attached hydrogens (tertiary/aromatic N) is 1. The van der Waals surface area contributed by atoms with E-state index in [0.29, 0.717) is 24.4 Å². The molecule has 2 atom stereocenters. The van der Waals surface area contributed by atoms with Crippen LogP contribution in [0.3, 0.4) is 0 Å². The summed E-state index contributed by atoms with van der Waals surface area (Å²) in [4.78, 5) is 25.3. The van der Waals surface area contributed by atoms with Crippen molar-refractivity contribution in [1.82, 2.24) is 4.90 Å². The van der Waals surface area contributed by atoms with E-state index in [4.69, 9.17) is 11.6 Å². The lowest BCUT2D eigenvalue weighted by Gasteiger charge is -2.28. The van der Waals surface area contributed by atoms with Gasteiger partial charge in [0.1, 0.15) is 0 Å². The van der Waals surface area contributed by atoms with Crippen molar-refractivity contribution in [3.63, 3.8) is 0 Å². The molecule has 1 aromatic rings. The first kappa shape index (κ1) is 15.6. The molecule has 1 amide bonds. The van der Waals surface area contributed by atoms with Gasteiger partial charge < -0.3 is 10.0 Å². The highest BCUT2D eigenvalue weighted by atomic mass is 35.5. The molecule has 0 saturated carbocycles. The fourth-order valence-corrected chi connectivity index (χ4v) is 2.71. The first-order valence-corrected chi connectivity index (χ1v) is 7.24. The van der Waals surface area contributed by atoms with Crippen molar-refractivity contribution >= 4 is 23.5 Å². The summed E-state index contributed by atoms with van der Waals surface area (Å²) in [5.41, 5.74) is 0.966. The minimum atomic E-state index is -0.905. The van der Waals surface area contributed by atoms with Crippen molar-refractivity contribution in [3.05, 3.63) is 47.0 Å². The summed E-state index contributed by atoms with van der Waals surface area (Å²) in [6, 6.07) is 7.28. The maximum atomic E-state index is 12.5. The Bertz CT molecular complexity index is 553. The van der Waals surface area contributed by atoms with Gasteiger partial charge in [-0.05, 0) is 30.5 Å². The number of carbonyl (C=O) groups excluding carboxylic acids is 1. The normalized spacial score (nSPS) is 21.0. The Labute approximate surface area is 129 Å². The number of allylic oxidation sites excluding steroid dienone is 2. The number of rotatable bonds is 4. The number of halogens is 1. The van der Waals surface area contributed by atoms with E-state index in [9.17, 15) is 14.7 Å². The molecular formula is C16H18ClNO3. The molecule has 1 aromatic carbocycles. The summed E-state index contributed by atoms with van der Waals surface area (Å²) in [6.45, 7) is 0.447. The number of hydrogen-bond acceptors (Lipinski definition) is 2. The summed E-state index contributed by atoms with van der Waals surface area (Å²) in [5, 5.41) is 9.89. The molecule has 0 bridgehead atoms. The number of carbonyl (C=O) groups is 2. The predicted molar refractivity (Wildman–Crippen MR) is 80.9 cm³/mol. The van der Waals surface area contributed by atoms with Crippen LogP contribution in [-0.4, -0.2) is 28.9 Å². The zero-order valence-electron chi connectivity index (χ0n) is 11.8. The van der Waals surface area contributed by atoms with Gasteiger partial charge in [0.05, 0.1) is 11.8 Å². The van der Waals surface area contributed by atoms with Gasteiger partial charge >= 0.3 is 5.97 Å². The molecule has 1 aliphatic rings. The molecule has 0 fully saturated rings. The van der Waals surface area contributed by atoms with Crippen molar-refractivity contribution in [2.75, 3.05) is 7.05 Å². The minimum absolute atomic E-state index is 0.123. The van der Waals surface area contributed by atoms with E-state index in [1.165, 1.54) is 0 Å². The van der Waals surface area contributed by atoms with E-state index in [-0.39, 0.29) is 5.91 Å². The van der Waals surface area contributed by atoms with Gasteiger partial charge in [0.25, 0.3) is 0 Å². The average molecular weight is 308 g/mol. The predicted octanol–water partition coefficient (Wildman–Crippen LogP) is 2.97. The molecule has 0 aromatic heterocycles. The molecule has 21 heavy (non-hydrogen) atoms. The molecule has 0 spiro atoms. The second-order valence-electron chi connectivity index (χ2n) is 5.31. The molecule has 2 rings (SSSR count). The van der Waals surface area contributed by atoms with Crippen LogP contribution >= 0.6 is 11.6 Å². The number of aliphatic carboxylic acids is 1. The van der Waals surface area contributed by atoms with Crippen molar-refractivity contribution in [3.8, 4) is 0 Å². The van der Waals surface area contributed by atoms with Crippen molar-refractivity contribution in [1.29, 1.82) is 0 Å². The van der Waals surface area contributed by atoms with E-state index >= 15 is 0 Å². The van der Waals surface area contributed by atoms with Gasteiger partial charge in [-0.3, -0.25) is 9.59 Å². The number of carboxylic acids is 1. The summed E-state index contributed by atoms with van der Waals surface area (Å²) < 4.78 is 0. The Hall–Kier alpha value is -1.81. The van der Waals surface area contributed by atoms with Crippen molar-refractivity contribution in [2.24, 2.45) is 11.8 Å². The SMILES string of the molecule is CN(Cc1ccc(Cl)cc1)C(=O)[C@@H]1CC=CC[C@@H]1C(=O)O. The monoisotopic (exact) mass is 307 g/mol. The lowest BCUT2D eigenvalue weighted by molar-refractivity contribution is -0.150. The highest BCUT2D eigenvalue weighted by Crippen LogP contribution is 2.28. The van der Waals surface area contributed by atoms with Gasteiger partial charge in [-0.1, -0.05) is 35.9 Å². The summed E-state index contributed by atoms with van der Waals surface area (Å²) in [5.74, 6) is -2.14. The van der Waals surface area contributed by atoms with Gasteiger partial charge in [-0.2, -0.15) is 0 Å². The van der Waals surface area contributed by atoms with Crippen LogP contribution in [0.25, 0.3) is 0 Å². The van der Waals surface area contributed by atoms with Crippen LogP contribution in [0.2, 0.25) is 5.02 Å². The lowest BCUT2D eigenvalue weighted by Crippen LogP contribution is -2.39. The second-order valence-corrected chi connectivity index (χ2v) is 5.75. The quantitative estimate of drug-likeness (QED) is 0.870. The fourth-order valence-electron chi connectivity index (χ4n) is 2.58. The van der Waals surface area contributed by atoms with Crippen LogP contribution < -0.4 is 0 Å². The Morgan fingerprint density at radius 3 is 2.33 bits per heavy atom. The zero-order chi connectivity index (χ0) is 15.4. The largest absolute Gasteiger partial charge is 0.481 e. The first-order chi connectivity index (χ1) is 9.99. The Morgan fingerprint density at radius 1 is 1.19 bits per heavy atom.